The maximum atomic E-state index is 2.56. The van der Waals surface area contributed by atoms with Crippen molar-refractivity contribution in [3.8, 4) is 44.5 Å². The molecule has 0 amide bonds. The minimum atomic E-state index is -0.269. The van der Waals surface area contributed by atoms with E-state index in [1.54, 1.807) is 0 Å². The topological polar surface area (TPSA) is 0 Å². The summed E-state index contributed by atoms with van der Waals surface area (Å²) < 4.78 is 5.45. The van der Waals surface area contributed by atoms with Gasteiger partial charge in [0.05, 0.1) is 0 Å². The summed E-state index contributed by atoms with van der Waals surface area (Å²) in [6.45, 7) is 5.02. The van der Waals surface area contributed by atoms with Gasteiger partial charge in [0.15, 0.2) is 0 Å². The van der Waals surface area contributed by atoms with Gasteiger partial charge >= 0.3 is 0 Å². The third-order valence-electron chi connectivity index (χ3n) is 16.6. The molecule has 17 rings (SSSR count). The van der Waals surface area contributed by atoms with Crippen LogP contribution in [0.3, 0.4) is 0 Å². The maximum absolute atomic E-state index is 2.56. The number of thiophene rings is 2. The van der Waals surface area contributed by atoms with E-state index in [-0.39, 0.29) is 10.8 Å². The molecule has 0 fully saturated rings. The Balaban J connectivity index is 1.02. The number of rotatable bonds is 0. The fourth-order valence-electron chi connectivity index (χ4n) is 13.9. The van der Waals surface area contributed by atoms with E-state index in [4.69, 9.17) is 0 Å². The first-order valence-electron chi connectivity index (χ1n) is 22.6. The lowest BCUT2D eigenvalue weighted by molar-refractivity contribution is 0.719. The molecule has 64 heavy (non-hydrogen) atoms. The average Bonchev–Trinajstić information content (AvgIpc) is 4.05. The maximum Gasteiger partial charge on any atom is 0.0448 e. The molecule has 2 unspecified atom stereocenters. The Morgan fingerprint density at radius 3 is 1.20 bits per heavy atom. The van der Waals surface area contributed by atoms with Crippen LogP contribution in [-0.4, -0.2) is 0 Å². The molecule has 294 valence electrons. The van der Waals surface area contributed by atoms with Crippen molar-refractivity contribution in [2.75, 3.05) is 0 Å². The van der Waals surface area contributed by atoms with Crippen molar-refractivity contribution >= 4 is 106 Å². The van der Waals surface area contributed by atoms with Crippen molar-refractivity contribution in [1.82, 2.24) is 0 Å². The standard InChI is InChI=1S/C62H34S2/c1-61-49-15-7-3-11-33(49)39-21-19-37-41-23-32-26-48-44-28-46-36-14-6-10-18-54(36)64-56(46)30-52(44)62(2)50-16-8-4-12-34(50)40-22-20-38(58(48)60(40)62)42(32)24-31(41)25-47(57(37)59(39)61)43-27-45-35-13-5-9-17-53(35)63-55(45)29-51(43)61/h3-30H,1-2H3. The molecule has 0 aliphatic heterocycles. The highest BCUT2D eigenvalue weighted by molar-refractivity contribution is 7.26. The monoisotopic (exact) mass is 842 g/mol. The summed E-state index contributed by atoms with van der Waals surface area (Å²) in [6, 6.07) is 66.5. The van der Waals surface area contributed by atoms with Gasteiger partial charge in [-0.3, -0.25) is 0 Å². The fraction of sp³-hybridized carbons (Fsp3) is 0.0645. The van der Waals surface area contributed by atoms with Crippen LogP contribution in [0.25, 0.3) is 128 Å². The lowest BCUT2D eigenvalue weighted by Crippen LogP contribution is -2.26. The van der Waals surface area contributed by atoms with Crippen molar-refractivity contribution < 1.29 is 0 Å². The van der Waals surface area contributed by atoms with E-state index >= 15 is 0 Å². The molecule has 0 bridgehead atoms. The van der Waals surface area contributed by atoms with E-state index < -0.39 is 0 Å². The van der Waals surface area contributed by atoms with Crippen LogP contribution in [0.15, 0.2) is 170 Å². The van der Waals surface area contributed by atoms with Gasteiger partial charge in [-0.05, 0) is 195 Å². The highest BCUT2D eigenvalue weighted by Crippen LogP contribution is 2.64. The summed E-state index contributed by atoms with van der Waals surface area (Å²) in [4.78, 5) is 0. The largest absolute Gasteiger partial charge is 0.135 e. The fourth-order valence-corrected chi connectivity index (χ4v) is 16.1. The van der Waals surface area contributed by atoms with Crippen LogP contribution in [-0.2, 0) is 10.8 Å². The van der Waals surface area contributed by atoms with E-state index in [1.807, 2.05) is 22.7 Å². The third-order valence-corrected chi connectivity index (χ3v) is 18.8. The first kappa shape index (κ1) is 33.5. The molecule has 0 N–H and O–H groups in total. The molecule has 2 atom stereocenters. The van der Waals surface area contributed by atoms with Gasteiger partial charge in [-0.25, -0.2) is 0 Å². The molecule has 0 saturated carbocycles. The SMILES string of the molecule is CC12c3ccccc3-c3ccc4c(c(cc5cc6c(cc7c8c9c(ccc86)-c6ccccc6C9(C)c6cc8sc9ccccc9c8cc6-7)cc54)-c4cc5c(cc41)sc1ccccc15)c32. The van der Waals surface area contributed by atoms with Gasteiger partial charge in [-0.2, -0.15) is 0 Å². The molecule has 0 radical (unpaired) electrons. The normalized spacial score (nSPS) is 18.3. The van der Waals surface area contributed by atoms with E-state index in [9.17, 15) is 0 Å². The van der Waals surface area contributed by atoms with Crippen LogP contribution in [0, 0.1) is 0 Å². The Morgan fingerprint density at radius 1 is 0.281 bits per heavy atom. The van der Waals surface area contributed by atoms with Gasteiger partial charge in [-0.1, -0.05) is 109 Å². The van der Waals surface area contributed by atoms with E-state index in [0.29, 0.717) is 0 Å². The molecule has 0 spiro atoms. The molecule has 13 aromatic rings. The Bertz CT molecular complexity index is 4170. The van der Waals surface area contributed by atoms with Gasteiger partial charge in [0.1, 0.15) is 0 Å². The molecular weight excluding hydrogens is 809 g/mol. The smallest absolute Gasteiger partial charge is 0.0448 e. The molecule has 4 aliphatic carbocycles. The van der Waals surface area contributed by atoms with E-state index in [2.05, 4.69) is 184 Å². The number of hydrogen-bond donors (Lipinski definition) is 0. The lowest BCUT2D eigenvalue weighted by Gasteiger charge is -2.37. The highest BCUT2D eigenvalue weighted by atomic mass is 32.1. The number of fused-ring (bicyclic) bond motifs is 22. The number of benzene rings is 11. The molecule has 2 heterocycles. The minimum Gasteiger partial charge on any atom is -0.135 e. The third kappa shape index (κ3) is 3.59. The second kappa shape index (κ2) is 10.8. The Kier molecular flexibility index (Phi) is 5.65. The molecule has 0 saturated heterocycles. The predicted octanol–water partition coefficient (Wildman–Crippen LogP) is 17.7. The van der Waals surface area contributed by atoms with Crippen molar-refractivity contribution in [2.24, 2.45) is 0 Å². The summed E-state index contributed by atoms with van der Waals surface area (Å²) in [5, 5.41) is 16.2. The number of hydrogen-bond acceptors (Lipinski definition) is 2. The first-order valence-corrected chi connectivity index (χ1v) is 24.2. The molecule has 11 aromatic carbocycles. The van der Waals surface area contributed by atoms with Crippen LogP contribution >= 0.6 is 22.7 Å². The van der Waals surface area contributed by atoms with Crippen molar-refractivity contribution in [3.63, 3.8) is 0 Å². The average molecular weight is 843 g/mol. The van der Waals surface area contributed by atoms with Gasteiger partial charge in [0.25, 0.3) is 0 Å². The quantitative estimate of drug-likeness (QED) is 0.105. The Hall–Kier alpha value is -7.10. The predicted molar refractivity (Wildman–Crippen MR) is 275 cm³/mol. The van der Waals surface area contributed by atoms with Gasteiger partial charge in [-0.15, -0.1) is 22.7 Å². The van der Waals surface area contributed by atoms with E-state index in [1.165, 1.54) is 161 Å². The van der Waals surface area contributed by atoms with Crippen LogP contribution in [0.5, 0.6) is 0 Å². The van der Waals surface area contributed by atoms with Gasteiger partial charge in [0, 0.05) is 51.2 Å². The lowest BCUT2D eigenvalue weighted by atomic mass is 9.65. The molecule has 0 nitrogen and oxygen atoms in total. The van der Waals surface area contributed by atoms with E-state index in [0.717, 1.165) is 0 Å². The molecular formula is C62H34S2. The van der Waals surface area contributed by atoms with Crippen molar-refractivity contribution in [2.45, 2.75) is 24.7 Å². The molecule has 4 aliphatic rings. The first-order chi connectivity index (χ1) is 31.5. The van der Waals surface area contributed by atoms with Crippen molar-refractivity contribution in [1.29, 1.82) is 0 Å². The van der Waals surface area contributed by atoms with Gasteiger partial charge in [0.2, 0.25) is 0 Å². The minimum absolute atomic E-state index is 0.269. The second-order valence-electron chi connectivity index (χ2n) is 19.3. The zero-order chi connectivity index (χ0) is 41.5. The van der Waals surface area contributed by atoms with Crippen LogP contribution in [0.4, 0.5) is 0 Å². The van der Waals surface area contributed by atoms with Crippen LogP contribution in [0.2, 0.25) is 0 Å². The van der Waals surface area contributed by atoms with Gasteiger partial charge < -0.3 is 0 Å². The Morgan fingerprint density at radius 2 is 0.719 bits per heavy atom. The Labute approximate surface area is 376 Å². The van der Waals surface area contributed by atoms with Crippen LogP contribution < -0.4 is 0 Å². The summed E-state index contributed by atoms with van der Waals surface area (Å²) in [5.74, 6) is 0. The van der Waals surface area contributed by atoms with Crippen molar-refractivity contribution in [3.05, 3.63) is 203 Å². The summed E-state index contributed by atoms with van der Waals surface area (Å²) in [5.41, 5.74) is 19.1. The molecule has 2 heteroatoms. The zero-order valence-electron chi connectivity index (χ0n) is 35.0. The summed E-state index contributed by atoms with van der Waals surface area (Å²) in [6.07, 6.45) is 0. The van der Waals surface area contributed by atoms with Crippen LogP contribution in [0.1, 0.15) is 47.2 Å². The highest BCUT2D eigenvalue weighted by Gasteiger charge is 2.48. The summed E-state index contributed by atoms with van der Waals surface area (Å²) >= 11 is 3.86. The summed E-state index contributed by atoms with van der Waals surface area (Å²) in [7, 11) is 0. The zero-order valence-corrected chi connectivity index (χ0v) is 36.6. The second-order valence-corrected chi connectivity index (χ2v) is 21.5. The molecule has 2 aromatic heterocycles.